The highest BCUT2D eigenvalue weighted by Gasteiger charge is 2.11. The summed E-state index contributed by atoms with van der Waals surface area (Å²) in [5, 5.41) is 3.46. The highest BCUT2D eigenvalue weighted by Crippen LogP contribution is 2.15. The minimum atomic E-state index is -0.190. The fourth-order valence-corrected chi connectivity index (χ4v) is 3.38. The first-order valence-electron chi connectivity index (χ1n) is 9.57. The molecule has 0 aliphatic heterocycles. The zero-order valence-corrected chi connectivity index (χ0v) is 16.8. The van der Waals surface area contributed by atoms with Crippen LogP contribution in [0.15, 0.2) is 77.6 Å². The van der Waals surface area contributed by atoms with Gasteiger partial charge >= 0.3 is 0 Å². The molecular formula is C24H21N3O3. The minimum absolute atomic E-state index is 0.131. The van der Waals surface area contributed by atoms with Gasteiger partial charge < -0.3 is 10.1 Å². The maximum atomic E-state index is 12.9. The Labute approximate surface area is 173 Å². The molecular weight excluding hydrogens is 378 g/mol. The number of aromatic nitrogens is 2. The standard InChI is InChI=1S/C24H21N3O3/c1-16-26-22-9-4-3-8-21(22)24(29)27(16)19-12-10-18(11-13-19)23(28)25-15-17-6-5-7-20(14-17)30-2/h3-14H,15H2,1-2H3,(H,25,28). The van der Waals surface area contributed by atoms with Crippen LogP contribution in [0.5, 0.6) is 5.75 Å². The van der Waals surface area contributed by atoms with Gasteiger partial charge in [0.25, 0.3) is 11.5 Å². The van der Waals surface area contributed by atoms with Crippen molar-refractivity contribution in [2.75, 3.05) is 7.11 Å². The molecule has 0 saturated carbocycles. The number of ether oxygens (including phenoxy) is 1. The van der Waals surface area contributed by atoms with Gasteiger partial charge in [0.15, 0.2) is 0 Å². The molecule has 0 aliphatic carbocycles. The van der Waals surface area contributed by atoms with Gasteiger partial charge in [0.2, 0.25) is 0 Å². The zero-order chi connectivity index (χ0) is 21.1. The Hall–Kier alpha value is -3.93. The molecule has 1 amide bonds. The van der Waals surface area contributed by atoms with E-state index in [1.54, 1.807) is 48.9 Å². The summed E-state index contributed by atoms with van der Waals surface area (Å²) >= 11 is 0. The highest BCUT2D eigenvalue weighted by molar-refractivity contribution is 5.94. The summed E-state index contributed by atoms with van der Waals surface area (Å²) in [5.41, 5.74) is 2.67. The number of benzene rings is 3. The van der Waals surface area contributed by atoms with E-state index in [0.29, 0.717) is 34.5 Å². The Morgan fingerprint density at radius 3 is 2.57 bits per heavy atom. The maximum absolute atomic E-state index is 12.9. The van der Waals surface area contributed by atoms with Gasteiger partial charge in [-0.15, -0.1) is 0 Å². The number of rotatable bonds is 5. The number of para-hydroxylation sites is 1. The fraction of sp³-hybridized carbons (Fsp3) is 0.125. The van der Waals surface area contributed by atoms with Crippen molar-refractivity contribution in [2.45, 2.75) is 13.5 Å². The Morgan fingerprint density at radius 1 is 1.03 bits per heavy atom. The lowest BCUT2D eigenvalue weighted by Crippen LogP contribution is -2.24. The number of hydrogen-bond donors (Lipinski definition) is 1. The van der Waals surface area contributed by atoms with Crippen LogP contribution in [0, 0.1) is 6.92 Å². The second-order valence-corrected chi connectivity index (χ2v) is 6.90. The molecule has 0 saturated heterocycles. The molecule has 3 aromatic carbocycles. The lowest BCUT2D eigenvalue weighted by atomic mass is 10.1. The topological polar surface area (TPSA) is 73.2 Å². The van der Waals surface area contributed by atoms with E-state index in [1.165, 1.54) is 0 Å². The van der Waals surface area contributed by atoms with Gasteiger partial charge in [-0.05, 0) is 61.0 Å². The van der Waals surface area contributed by atoms with Crippen molar-refractivity contribution in [2.24, 2.45) is 0 Å². The van der Waals surface area contributed by atoms with E-state index in [9.17, 15) is 9.59 Å². The Morgan fingerprint density at radius 2 is 1.80 bits per heavy atom. The van der Waals surface area contributed by atoms with E-state index in [-0.39, 0.29) is 11.5 Å². The average Bonchev–Trinajstić information content (AvgIpc) is 2.78. The Kier molecular flexibility index (Phi) is 5.30. The van der Waals surface area contributed by atoms with E-state index in [2.05, 4.69) is 10.3 Å². The molecule has 150 valence electrons. The highest BCUT2D eigenvalue weighted by atomic mass is 16.5. The number of methoxy groups -OCH3 is 1. The van der Waals surface area contributed by atoms with Gasteiger partial charge in [0.1, 0.15) is 11.6 Å². The van der Waals surface area contributed by atoms with Gasteiger partial charge in [-0.1, -0.05) is 24.3 Å². The number of aryl methyl sites for hydroxylation is 1. The summed E-state index contributed by atoms with van der Waals surface area (Å²) in [6.45, 7) is 2.19. The van der Waals surface area contributed by atoms with E-state index in [1.807, 2.05) is 42.5 Å². The van der Waals surface area contributed by atoms with Crippen LogP contribution in [-0.2, 0) is 6.54 Å². The molecule has 0 unspecified atom stereocenters. The molecule has 6 nitrogen and oxygen atoms in total. The monoisotopic (exact) mass is 399 g/mol. The first kappa shape index (κ1) is 19.4. The number of nitrogens with one attached hydrogen (secondary N) is 1. The van der Waals surface area contributed by atoms with Crippen LogP contribution in [0.25, 0.3) is 16.6 Å². The normalized spacial score (nSPS) is 10.7. The third kappa shape index (κ3) is 3.80. The van der Waals surface area contributed by atoms with Crippen LogP contribution in [0.1, 0.15) is 21.7 Å². The number of fused-ring (bicyclic) bond motifs is 1. The van der Waals surface area contributed by atoms with Gasteiger partial charge in [0, 0.05) is 12.1 Å². The first-order valence-corrected chi connectivity index (χ1v) is 9.57. The fourth-order valence-electron chi connectivity index (χ4n) is 3.38. The summed E-state index contributed by atoms with van der Waals surface area (Å²) in [6.07, 6.45) is 0. The van der Waals surface area contributed by atoms with Crippen molar-refractivity contribution >= 4 is 16.8 Å². The molecule has 1 N–H and O–H groups in total. The summed E-state index contributed by atoms with van der Waals surface area (Å²) in [5.74, 6) is 1.15. The molecule has 1 aromatic heterocycles. The summed E-state index contributed by atoms with van der Waals surface area (Å²) in [6, 6.07) is 21.7. The summed E-state index contributed by atoms with van der Waals surface area (Å²) < 4.78 is 6.76. The van der Waals surface area contributed by atoms with Crippen molar-refractivity contribution in [1.29, 1.82) is 0 Å². The van der Waals surface area contributed by atoms with Gasteiger partial charge in [-0.2, -0.15) is 0 Å². The SMILES string of the molecule is COc1cccc(CNC(=O)c2ccc(-n3c(C)nc4ccccc4c3=O)cc2)c1. The number of amides is 1. The smallest absolute Gasteiger partial charge is 0.265 e. The van der Waals surface area contributed by atoms with Crippen LogP contribution < -0.4 is 15.6 Å². The van der Waals surface area contributed by atoms with Gasteiger partial charge in [-0.3, -0.25) is 14.2 Å². The Bertz CT molecular complexity index is 1280. The van der Waals surface area contributed by atoms with Crippen molar-refractivity contribution in [3.05, 3.63) is 100 Å². The second-order valence-electron chi connectivity index (χ2n) is 6.90. The zero-order valence-electron chi connectivity index (χ0n) is 16.8. The van der Waals surface area contributed by atoms with E-state index >= 15 is 0 Å². The van der Waals surface area contributed by atoms with Crippen LogP contribution in [0.4, 0.5) is 0 Å². The lowest BCUT2D eigenvalue weighted by Gasteiger charge is -2.12. The van der Waals surface area contributed by atoms with Gasteiger partial charge in [0.05, 0.1) is 23.7 Å². The number of carbonyl (C=O) groups is 1. The van der Waals surface area contributed by atoms with E-state index in [0.717, 1.165) is 11.3 Å². The average molecular weight is 399 g/mol. The predicted molar refractivity (Wildman–Crippen MR) is 116 cm³/mol. The molecule has 4 aromatic rings. The number of hydrogen-bond acceptors (Lipinski definition) is 4. The van der Waals surface area contributed by atoms with Crippen molar-refractivity contribution in [1.82, 2.24) is 14.9 Å². The molecule has 0 atom stereocenters. The largest absolute Gasteiger partial charge is 0.497 e. The number of carbonyl (C=O) groups excluding carboxylic acids is 1. The van der Waals surface area contributed by atoms with Crippen LogP contribution in [0.2, 0.25) is 0 Å². The van der Waals surface area contributed by atoms with Gasteiger partial charge in [-0.25, -0.2) is 4.98 Å². The third-order valence-corrected chi connectivity index (χ3v) is 4.92. The molecule has 6 heteroatoms. The molecule has 0 aliphatic rings. The van der Waals surface area contributed by atoms with Crippen molar-refractivity contribution < 1.29 is 9.53 Å². The minimum Gasteiger partial charge on any atom is -0.497 e. The summed E-state index contributed by atoms with van der Waals surface area (Å²) in [4.78, 5) is 29.9. The quantitative estimate of drug-likeness (QED) is 0.556. The summed E-state index contributed by atoms with van der Waals surface area (Å²) in [7, 11) is 1.61. The molecule has 0 bridgehead atoms. The molecule has 0 radical (unpaired) electrons. The van der Waals surface area contributed by atoms with E-state index < -0.39 is 0 Å². The van der Waals surface area contributed by atoms with E-state index in [4.69, 9.17) is 4.74 Å². The molecule has 1 heterocycles. The third-order valence-electron chi connectivity index (χ3n) is 4.92. The molecule has 30 heavy (non-hydrogen) atoms. The second kappa shape index (κ2) is 8.21. The molecule has 4 rings (SSSR count). The Balaban J connectivity index is 1.55. The number of nitrogens with zero attached hydrogens (tertiary/aromatic N) is 2. The lowest BCUT2D eigenvalue weighted by molar-refractivity contribution is 0.0951. The van der Waals surface area contributed by atoms with Crippen LogP contribution in [0.3, 0.4) is 0 Å². The maximum Gasteiger partial charge on any atom is 0.265 e. The van der Waals surface area contributed by atoms with Crippen LogP contribution in [-0.4, -0.2) is 22.6 Å². The predicted octanol–water partition coefficient (Wildman–Crippen LogP) is 3.63. The molecule has 0 spiro atoms. The van der Waals surface area contributed by atoms with Crippen molar-refractivity contribution in [3.8, 4) is 11.4 Å². The van der Waals surface area contributed by atoms with Crippen LogP contribution >= 0.6 is 0 Å². The molecule has 0 fully saturated rings. The first-order chi connectivity index (χ1) is 14.6. The van der Waals surface area contributed by atoms with Crippen molar-refractivity contribution in [3.63, 3.8) is 0 Å².